The molecule has 1 aromatic heterocycles. The molecule has 34 heavy (non-hydrogen) atoms. The molecule has 2 heterocycles. The lowest BCUT2D eigenvalue weighted by molar-refractivity contribution is 0.0706. The number of carbonyl (C=O) groups is 2. The average Bonchev–Trinajstić information content (AvgIpc) is 3.13. The fourth-order valence-electron chi connectivity index (χ4n) is 4.61. The van der Waals surface area contributed by atoms with Crippen LogP contribution in [0, 0.1) is 0 Å². The Morgan fingerprint density at radius 2 is 1.79 bits per heavy atom. The molecule has 0 spiro atoms. The number of benzene rings is 2. The smallest absolute Gasteiger partial charge is 0.274 e. The normalized spacial score (nSPS) is 13.8. The van der Waals surface area contributed by atoms with Gasteiger partial charge in [-0.1, -0.05) is 12.1 Å². The molecule has 3 N–H and O–H groups in total. The highest BCUT2D eigenvalue weighted by molar-refractivity contribution is 5.99. The Morgan fingerprint density at radius 3 is 2.50 bits per heavy atom. The molecule has 2 amide bonds. The van der Waals surface area contributed by atoms with Crippen molar-refractivity contribution in [2.24, 2.45) is 0 Å². The average molecular weight is 464 g/mol. The van der Waals surface area contributed by atoms with Crippen LogP contribution in [0.2, 0.25) is 0 Å². The first kappa shape index (κ1) is 23.9. The zero-order chi connectivity index (χ0) is 24.2. The van der Waals surface area contributed by atoms with Crippen molar-refractivity contribution in [1.29, 1.82) is 0 Å². The summed E-state index contributed by atoms with van der Waals surface area (Å²) >= 11 is 0. The zero-order valence-corrected chi connectivity index (χ0v) is 20.1. The highest BCUT2D eigenvalue weighted by Gasteiger charge is 2.23. The summed E-state index contributed by atoms with van der Waals surface area (Å²) in [6.45, 7) is 4.10. The maximum Gasteiger partial charge on any atom is 0.274 e. The van der Waals surface area contributed by atoms with E-state index in [4.69, 9.17) is 5.21 Å². The van der Waals surface area contributed by atoms with Crippen molar-refractivity contribution in [3.63, 3.8) is 0 Å². The first-order chi connectivity index (χ1) is 16.4. The number of amides is 2. The van der Waals surface area contributed by atoms with E-state index in [1.165, 1.54) is 11.3 Å². The lowest BCUT2D eigenvalue weighted by Gasteiger charge is -2.24. The van der Waals surface area contributed by atoms with E-state index < -0.39 is 5.91 Å². The first-order valence-corrected chi connectivity index (χ1v) is 11.7. The van der Waals surface area contributed by atoms with Crippen LogP contribution in [0.5, 0.6) is 0 Å². The Bertz CT molecular complexity index is 1180. The molecule has 3 aromatic rings. The van der Waals surface area contributed by atoms with Crippen molar-refractivity contribution in [2.75, 3.05) is 40.8 Å². The van der Waals surface area contributed by atoms with Crippen molar-refractivity contribution in [1.82, 2.24) is 25.2 Å². The van der Waals surface area contributed by atoms with Crippen LogP contribution in [0.25, 0.3) is 10.9 Å². The van der Waals surface area contributed by atoms with Crippen molar-refractivity contribution in [2.45, 2.75) is 25.9 Å². The molecule has 2 aromatic carbocycles. The van der Waals surface area contributed by atoms with E-state index in [-0.39, 0.29) is 5.91 Å². The Morgan fingerprint density at radius 1 is 1.06 bits per heavy atom. The first-order valence-electron chi connectivity index (χ1n) is 11.7. The van der Waals surface area contributed by atoms with Gasteiger partial charge in [0.25, 0.3) is 11.8 Å². The second kappa shape index (κ2) is 10.4. The maximum atomic E-state index is 12.8. The molecule has 0 atom stereocenters. The highest BCUT2D eigenvalue weighted by Crippen LogP contribution is 2.32. The topological polar surface area (TPSA) is 89.8 Å². The van der Waals surface area contributed by atoms with Gasteiger partial charge in [0, 0.05) is 60.3 Å². The number of rotatable bonds is 8. The Hall–Kier alpha value is -3.20. The molecule has 4 rings (SSSR count). The van der Waals surface area contributed by atoms with Gasteiger partial charge in [-0.3, -0.25) is 14.8 Å². The van der Waals surface area contributed by atoms with Crippen LogP contribution in [0.4, 0.5) is 0 Å². The van der Waals surface area contributed by atoms with Crippen LogP contribution < -0.4 is 10.8 Å². The second-order valence-electron chi connectivity index (χ2n) is 9.28. The number of nitrogens with one attached hydrogen (secondary N) is 2. The third-order valence-corrected chi connectivity index (χ3v) is 6.43. The van der Waals surface area contributed by atoms with Gasteiger partial charge in [0.2, 0.25) is 0 Å². The van der Waals surface area contributed by atoms with Gasteiger partial charge in [-0.2, -0.15) is 0 Å². The summed E-state index contributed by atoms with van der Waals surface area (Å²) in [5, 5.41) is 13.0. The lowest BCUT2D eigenvalue weighted by Crippen LogP contribution is -2.27. The van der Waals surface area contributed by atoms with E-state index in [2.05, 4.69) is 32.8 Å². The van der Waals surface area contributed by atoms with E-state index in [1.807, 2.05) is 38.4 Å². The van der Waals surface area contributed by atoms with Gasteiger partial charge < -0.3 is 19.7 Å². The summed E-state index contributed by atoms with van der Waals surface area (Å²) in [6, 6.07) is 13.2. The predicted molar refractivity (Wildman–Crippen MR) is 132 cm³/mol. The summed E-state index contributed by atoms with van der Waals surface area (Å²) < 4.78 is 2.33. The predicted octanol–water partition coefficient (Wildman–Crippen LogP) is 2.48. The Labute approximate surface area is 200 Å². The van der Waals surface area contributed by atoms with Gasteiger partial charge in [-0.15, -0.1) is 0 Å². The van der Waals surface area contributed by atoms with Gasteiger partial charge in [-0.05, 0) is 75.6 Å². The molecular formula is C26H33N5O3. The standard InChI is InChI=1S/C26H33N5O3/c1-29(2)13-4-12-27-25(32)20-9-10-23-21(15-20)22-17-30(3)14-11-24(22)31(23)16-18-5-7-19(8-6-18)26(33)28-34/h5-10,15,34H,4,11-14,16-17H2,1-3H3,(H,27,32)(H,28,33). The molecule has 0 saturated heterocycles. The third kappa shape index (κ3) is 5.14. The summed E-state index contributed by atoms with van der Waals surface area (Å²) in [7, 11) is 6.18. The van der Waals surface area contributed by atoms with Gasteiger partial charge in [0.05, 0.1) is 0 Å². The number of fused-ring (bicyclic) bond motifs is 3. The number of nitrogens with zero attached hydrogens (tertiary/aromatic N) is 3. The largest absolute Gasteiger partial charge is 0.352 e. The molecule has 8 nitrogen and oxygen atoms in total. The van der Waals surface area contributed by atoms with Crippen LogP contribution >= 0.6 is 0 Å². The monoisotopic (exact) mass is 463 g/mol. The molecule has 180 valence electrons. The van der Waals surface area contributed by atoms with E-state index >= 15 is 0 Å². The molecule has 0 radical (unpaired) electrons. The number of hydrogen-bond acceptors (Lipinski definition) is 5. The minimum Gasteiger partial charge on any atom is -0.352 e. The molecule has 0 fully saturated rings. The third-order valence-electron chi connectivity index (χ3n) is 6.43. The zero-order valence-electron chi connectivity index (χ0n) is 20.1. The number of likely N-dealkylation sites (N-methyl/N-ethyl adjacent to an activating group) is 1. The Balaban J connectivity index is 1.62. The fraction of sp³-hybridized carbons (Fsp3) is 0.385. The fourth-order valence-corrected chi connectivity index (χ4v) is 4.61. The van der Waals surface area contributed by atoms with E-state index in [0.717, 1.165) is 48.9 Å². The molecule has 8 heteroatoms. The van der Waals surface area contributed by atoms with Crippen LogP contribution in [-0.4, -0.2) is 72.2 Å². The minimum absolute atomic E-state index is 0.0379. The van der Waals surface area contributed by atoms with Crippen molar-refractivity contribution in [3.05, 3.63) is 70.4 Å². The SMILES string of the molecule is CN(C)CCCNC(=O)c1ccc2c(c1)c1c(n2Cc2ccc(C(=O)NO)cc2)CCN(C)C1. The molecule has 0 unspecified atom stereocenters. The van der Waals surface area contributed by atoms with Crippen LogP contribution in [0.15, 0.2) is 42.5 Å². The van der Waals surface area contributed by atoms with E-state index in [0.29, 0.717) is 24.2 Å². The highest BCUT2D eigenvalue weighted by atomic mass is 16.5. The summed E-state index contributed by atoms with van der Waals surface area (Å²) in [6.07, 6.45) is 1.86. The number of aromatic nitrogens is 1. The van der Waals surface area contributed by atoms with Gasteiger partial charge in [0.1, 0.15) is 0 Å². The van der Waals surface area contributed by atoms with Crippen LogP contribution in [-0.2, 0) is 19.5 Å². The lowest BCUT2D eigenvalue weighted by atomic mass is 10.0. The van der Waals surface area contributed by atoms with Gasteiger partial charge in [0.15, 0.2) is 0 Å². The molecule has 0 saturated carbocycles. The van der Waals surface area contributed by atoms with E-state index in [1.54, 1.807) is 17.6 Å². The summed E-state index contributed by atoms with van der Waals surface area (Å²) in [5.41, 5.74) is 7.52. The molecule has 1 aliphatic heterocycles. The Kier molecular flexibility index (Phi) is 7.31. The molecule has 0 aliphatic carbocycles. The maximum absolute atomic E-state index is 12.8. The second-order valence-corrected chi connectivity index (χ2v) is 9.28. The summed E-state index contributed by atoms with van der Waals surface area (Å²) in [4.78, 5) is 28.8. The quantitative estimate of drug-likeness (QED) is 0.271. The van der Waals surface area contributed by atoms with Crippen LogP contribution in [0.3, 0.4) is 0 Å². The molecular weight excluding hydrogens is 430 g/mol. The minimum atomic E-state index is -0.522. The van der Waals surface area contributed by atoms with Crippen molar-refractivity contribution in [3.8, 4) is 0 Å². The van der Waals surface area contributed by atoms with Crippen LogP contribution in [0.1, 0.15) is 44.0 Å². The van der Waals surface area contributed by atoms with Gasteiger partial charge in [-0.25, -0.2) is 5.48 Å². The summed E-state index contributed by atoms with van der Waals surface area (Å²) in [5.74, 6) is -0.560. The van der Waals surface area contributed by atoms with Gasteiger partial charge >= 0.3 is 0 Å². The van der Waals surface area contributed by atoms with Crippen molar-refractivity contribution < 1.29 is 14.8 Å². The number of carbonyl (C=O) groups excluding carboxylic acids is 2. The van der Waals surface area contributed by atoms with Crippen molar-refractivity contribution >= 4 is 22.7 Å². The molecule has 1 aliphatic rings. The number of hydrogen-bond donors (Lipinski definition) is 3. The molecule has 0 bridgehead atoms. The van der Waals surface area contributed by atoms with E-state index in [9.17, 15) is 9.59 Å². The number of hydroxylamine groups is 1.